The number of hydrogen-bond acceptors (Lipinski definition) is 6. The molecule has 8 nitrogen and oxygen atoms in total. The zero-order valence-electron chi connectivity index (χ0n) is 19.5. The van der Waals surface area contributed by atoms with Gasteiger partial charge in [0.05, 0.1) is 19.8 Å². The number of methoxy groups -OCH3 is 1. The summed E-state index contributed by atoms with van der Waals surface area (Å²) in [6, 6.07) is 4.14. The van der Waals surface area contributed by atoms with Crippen LogP contribution in [0.15, 0.2) is 30.7 Å². The lowest BCUT2D eigenvalue weighted by Gasteiger charge is -2.32. The number of amides is 1. The van der Waals surface area contributed by atoms with E-state index in [0.29, 0.717) is 12.5 Å². The maximum Gasteiger partial charge on any atom is 0.249 e. The van der Waals surface area contributed by atoms with Crippen LogP contribution in [0, 0.1) is 25.7 Å². The Morgan fingerprint density at radius 3 is 2.73 bits per heavy atom. The molecule has 0 bridgehead atoms. The number of ether oxygens (including phenoxy) is 1. The average molecular weight is 450 g/mol. The van der Waals surface area contributed by atoms with Gasteiger partial charge < -0.3 is 4.74 Å². The number of aromatic nitrogens is 4. The predicted octanol–water partition coefficient (Wildman–Crippen LogP) is 4.00. The largest absolute Gasteiger partial charge is 0.493 e. The molecule has 2 aliphatic rings. The van der Waals surface area contributed by atoms with Crippen LogP contribution in [0.4, 0.5) is 0 Å². The van der Waals surface area contributed by atoms with E-state index in [-0.39, 0.29) is 17.9 Å². The molecule has 3 aromatic heterocycles. The third-order valence-electron chi connectivity index (χ3n) is 6.91. The molecule has 3 aromatic rings. The number of nitrogens with zero attached hydrogens (tertiary/aromatic N) is 5. The van der Waals surface area contributed by atoms with Gasteiger partial charge >= 0.3 is 0 Å². The molecule has 0 spiro atoms. The van der Waals surface area contributed by atoms with Crippen molar-refractivity contribution in [3.63, 3.8) is 0 Å². The molecule has 1 saturated carbocycles. The first-order valence-electron chi connectivity index (χ1n) is 11.8. The number of fused-ring (bicyclic) bond motifs is 1. The van der Waals surface area contributed by atoms with Gasteiger partial charge in [0.15, 0.2) is 11.4 Å². The van der Waals surface area contributed by atoms with E-state index in [1.54, 1.807) is 12.2 Å². The Morgan fingerprint density at radius 2 is 1.97 bits per heavy atom. The molecule has 33 heavy (non-hydrogen) atoms. The van der Waals surface area contributed by atoms with E-state index >= 15 is 0 Å². The fraction of sp³-hybridized carbons (Fsp3) is 0.520. The van der Waals surface area contributed by atoms with Crippen molar-refractivity contribution in [2.75, 3.05) is 13.7 Å². The van der Waals surface area contributed by atoms with Crippen molar-refractivity contribution < 1.29 is 14.4 Å². The third-order valence-corrected chi connectivity index (χ3v) is 6.91. The Kier molecular flexibility index (Phi) is 6.01. The Morgan fingerprint density at radius 1 is 1.15 bits per heavy atom. The second kappa shape index (κ2) is 9.09. The highest BCUT2D eigenvalue weighted by atomic mass is 16.7. The van der Waals surface area contributed by atoms with Crippen LogP contribution >= 0.6 is 0 Å². The standard InChI is InChI=1S/C25H31N5O3/c1-16-10-21(14-26-13-16)22-8-9-33-30(22)25(31)20-6-4-18(5-7-20)11-19-12-23(32-3)24-27-17(2)28-29(24)15-19/h10,12-15,18,20,22H,4-9,11H2,1-3H3/t18-,20-,22-/m0/s1. The predicted molar refractivity (Wildman–Crippen MR) is 123 cm³/mol. The molecule has 0 N–H and O–H groups in total. The fourth-order valence-corrected chi connectivity index (χ4v) is 5.25. The number of pyridine rings is 2. The van der Waals surface area contributed by atoms with Crippen molar-refractivity contribution in [3.05, 3.63) is 53.2 Å². The maximum atomic E-state index is 13.3. The Hall–Kier alpha value is -3.00. The van der Waals surface area contributed by atoms with Crippen molar-refractivity contribution >= 4 is 11.6 Å². The SMILES string of the molecule is COc1cc(C[C@H]2CC[C@H](C(=O)N3OCC[C@H]3c3cncc(C)c3)CC2)cn2nc(C)nc12. The topological polar surface area (TPSA) is 81.8 Å². The highest BCUT2D eigenvalue weighted by Crippen LogP contribution is 2.37. The van der Waals surface area contributed by atoms with Crippen LogP contribution in [-0.4, -0.2) is 44.3 Å². The van der Waals surface area contributed by atoms with Gasteiger partial charge in [0.1, 0.15) is 5.82 Å². The number of rotatable bonds is 5. The second-order valence-corrected chi connectivity index (χ2v) is 9.36. The summed E-state index contributed by atoms with van der Waals surface area (Å²) in [5, 5.41) is 6.08. The second-order valence-electron chi connectivity index (χ2n) is 9.36. The summed E-state index contributed by atoms with van der Waals surface area (Å²) in [4.78, 5) is 27.8. The van der Waals surface area contributed by atoms with Gasteiger partial charge in [-0.25, -0.2) is 14.6 Å². The van der Waals surface area contributed by atoms with Crippen molar-refractivity contribution in [2.45, 2.75) is 58.4 Å². The van der Waals surface area contributed by atoms with Gasteiger partial charge in [-0.3, -0.25) is 14.6 Å². The van der Waals surface area contributed by atoms with Crippen LogP contribution in [0.25, 0.3) is 5.65 Å². The Balaban J connectivity index is 1.22. The van der Waals surface area contributed by atoms with E-state index < -0.39 is 0 Å². The molecule has 0 radical (unpaired) electrons. The van der Waals surface area contributed by atoms with Crippen molar-refractivity contribution in [2.24, 2.45) is 11.8 Å². The minimum Gasteiger partial charge on any atom is -0.493 e. The maximum absolute atomic E-state index is 13.3. The van der Waals surface area contributed by atoms with Crippen LogP contribution in [0.3, 0.4) is 0 Å². The summed E-state index contributed by atoms with van der Waals surface area (Å²) in [6.45, 7) is 4.48. The lowest BCUT2D eigenvalue weighted by molar-refractivity contribution is -0.183. The minimum absolute atomic E-state index is 0.0228. The van der Waals surface area contributed by atoms with Gasteiger partial charge in [-0.05, 0) is 74.6 Å². The number of aryl methyl sites for hydroxylation is 2. The van der Waals surface area contributed by atoms with E-state index in [1.807, 2.05) is 37.0 Å². The summed E-state index contributed by atoms with van der Waals surface area (Å²) in [5.41, 5.74) is 4.09. The van der Waals surface area contributed by atoms with Crippen molar-refractivity contribution in [1.29, 1.82) is 0 Å². The van der Waals surface area contributed by atoms with Gasteiger partial charge in [0.2, 0.25) is 5.91 Å². The fourth-order valence-electron chi connectivity index (χ4n) is 5.25. The molecular weight excluding hydrogens is 418 g/mol. The number of hydrogen-bond donors (Lipinski definition) is 0. The summed E-state index contributed by atoms with van der Waals surface area (Å²) in [5.74, 6) is 2.17. The van der Waals surface area contributed by atoms with Gasteiger partial charge in [0.25, 0.3) is 0 Å². The zero-order valence-corrected chi connectivity index (χ0v) is 19.5. The molecule has 1 aliphatic heterocycles. The molecule has 0 unspecified atom stereocenters. The van der Waals surface area contributed by atoms with E-state index in [9.17, 15) is 4.79 Å². The van der Waals surface area contributed by atoms with Gasteiger partial charge in [-0.15, -0.1) is 0 Å². The summed E-state index contributed by atoms with van der Waals surface area (Å²) >= 11 is 0. The highest BCUT2D eigenvalue weighted by molar-refractivity contribution is 5.78. The van der Waals surface area contributed by atoms with Crippen molar-refractivity contribution in [3.8, 4) is 5.75 Å². The summed E-state index contributed by atoms with van der Waals surface area (Å²) < 4.78 is 7.35. The molecule has 1 amide bonds. The number of carbonyl (C=O) groups is 1. The van der Waals surface area contributed by atoms with Gasteiger partial charge in [-0.1, -0.05) is 6.07 Å². The smallest absolute Gasteiger partial charge is 0.249 e. The molecular formula is C25H31N5O3. The van der Waals surface area contributed by atoms with Crippen LogP contribution in [0.2, 0.25) is 0 Å². The minimum atomic E-state index is -0.0343. The summed E-state index contributed by atoms with van der Waals surface area (Å²) in [6.07, 6.45) is 11.3. The molecule has 2 fully saturated rings. The van der Waals surface area contributed by atoms with Crippen LogP contribution in [0.1, 0.15) is 60.7 Å². The first-order chi connectivity index (χ1) is 16.0. The van der Waals surface area contributed by atoms with Crippen LogP contribution < -0.4 is 4.74 Å². The first kappa shape index (κ1) is 21.8. The van der Waals surface area contributed by atoms with Gasteiger partial charge in [-0.2, -0.15) is 5.10 Å². The van der Waals surface area contributed by atoms with E-state index in [2.05, 4.69) is 27.2 Å². The average Bonchev–Trinajstić information content (AvgIpc) is 3.45. The lowest BCUT2D eigenvalue weighted by atomic mass is 9.79. The molecule has 1 atom stereocenters. The molecule has 0 aromatic carbocycles. The zero-order chi connectivity index (χ0) is 22.9. The number of carbonyl (C=O) groups excluding carboxylic acids is 1. The Bertz CT molecular complexity index is 1150. The Labute approximate surface area is 193 Å². The number of hydroxylamine groups is 2. The highest BCUT2D eigenvalue weighted by Gasteiger charge is 2.37. The quantitative estimate of drug-likeness (QED) is 0.586. The molecule has 174 valence electrons. The normalized spacial score (nSPS) is 23.2. The lowest BCUT2D eigenvalue weighted by Crippen LogP contribution is -2.36. The molecule has 1 saturated heterocycles. The first-order valence-corrected chi connectivity index (χ1v) is 11.8. The molecule has 1 aliphatic carbocycles. The van der Waals surface area contributed by atoms with Crippen LogP contribution in [0.5, 0.6) is 5.75 Å². The van der Waals surface area contributed by atoms with E-state index in [4.69, 9.17) is 9.57 Å². The summed E-state index contributed by atoms with van der Waals surface area (Å²) in [7, 11) is 1.67. The van der Waals surface area contributed by atoms with Crippen molar-refractivity contribution in [1.82, 2.24) is 24.6 Å². The van der Waals surface area contributed by atoms with Gasteiger partial charge in [0, 0.05) is 30.9 Å². The molecule has 4 heterocycles. The van der Waals surface area contributed by atoms with E-state index in [1.165, 1.54) is 5.56 Å². The monoisotopic (exact) mass is 449 g/mol. The van der Waals surface area contributed by atoms with Crippen LogP contribution in [-0.2, 0) is 16.1 Å². The molecule has 8 heteroatoms. The third kappa shape index (κ3) is 4.44. The molecule has 5 rings (SSSR count). The van der Waals surface area contributed by atoms with E-state index in [0.717, 1.165) is 66.9 Å².